The van der Waals surface area contributed by atoms with Crippen LogP contribution in [0, 0.1) is 26.8 Å². The summed E-state index contributed by atoms with van der Waals surface area (Å²) in [4.78, 5) is 0. The van der Waals surface area contributed by atoms with Gasteiger partial charge in [-0.2, -0.15) is 23.4 Å². The summed E-state index contributed by atoms with van der Waals surface area (Å²) in [5.74, 6) is 0. The minimum Gasteiger partial charge on any atom is -0.237 e. The first-order chi connectivity index (χ1) is 15.2. The molecule has 2 heterocycles. The normalized spacial score (nSPS) is 11.8. The van der Waals surface area contributed by atoms with Crippen molar-refractivity contribution in [2.45, 2.75) is 46.7 Å². The lowest BCUT2D eigenvalue weighted by atomic mass is 10.0. The topological polar surface area (TPSA) is 35.6 Å². The van der Waals surface area contributed by atoms with E-state index >= 15 is 0 Å². The van der Waals surface area contributed by atoms with E-state index in [2.05, 4.69) is 16.3 Å². The third-order valence-corrected chi connectivity index (χ3v) is 5.47. The fourth-order valence-corrected chi connectivity index (χ4v) is 3.78. The fourth-order valence-electron chi connectivity index (χ4n) is 3.78. The standard InChI is InChI=1S/C25H24F3N4/c1-5-21-13-18(4)32(29-21)23-17(3)7-6-8-22(23)31-15-20(24(30-31)25(26,27)28)14-19-11-9-16(2)10-12-19/h6-7,9-13,15H,5,14H2,1-4H3. The van der Waals surface area contributed by atoms with Crippen molar-refractivity contribution >= 4 is 0 Å². The highest BCUT2D eigenvalue weighted by Gasteiger charge is 2.37. The minimum absolute atomic E-state index is 0.119. The van der Waals surface area contributed by atoms with Gasteiger partial charge in [0.25, 0.3) is 0 Å². The van der Waals surface area contributed by atoms with Crippen molar-refractivity contribution in [3.05, 3.63) is 94.1 Å². The van der Waals surface area contributed by atoms with Gasteiger partial charge in [0.05, 0.1) is 17.1 Å². The molecule has 0 atom stereocenters. The molecule has 32 heavy (non-hydrogen) atoms. The molecule has 0 aliphatic heterocycles. The molecule has 2 aromatic carbocycles. The summed E-state index contributed by atoms with van der Waals surface area (Å²) in [6, 6.07) is 16.1. The van der Waals surface area contributed by atoms with E-state index in [0.29, 0.717) is 11.4 Å². The van der Waals surface area contributed by atoms with E-state index < -0.39 is 11.9 Å². The monoisotopic (exact) mass is 437 g/mol. The highest BCUT2D eigenvalue weighted by atomic mass is 19.4. The second-order valence-electron chi connectivity index (χ2n) is 8.01. The van der Waals surface area contributed by atoms with Gasteiger partial charge in [0.2, 0.25) is 0 Å². The Balaban J connectivity index is 1.86. The second kappa shape index (κ2) is 8.30. The summed E-state index contributed by atoms with van der Waals surface area (Å²) in [7, 11) is 0. The summed E-state index contributed by atoms with van der Waals surface area (Å²) in [5, 5.41) is 8.60. The maximum atomic E-state index is 13.9. The van der Waals surface area contributed by atoms with Gasteiger partial charge in [0, 0.05) is 29.9 Å². The number of alkyl halides is 3. The summed E-state index contributed by atoms with van der Waals surface area (Å²) in [6.45, 7) is 7.78. The molecule has 4 rings (SSSR count). The van der Waals surface area contributed by atoms with Crippen molar-refractivity contribution in [3.8, 4) is 11.4 Å². The van der Waals surface area contributed by atoms with Crippen LogP contribution in [-0.4, -0.2) is 19.6 Å². The Morgan fingerprint density at radius 2 is 1.72 bits per heavy atom. The van der Waals surface area contributed by atoms with Gasteiger partial charge in [0.15, 0.2) is 5.69 Å². The fraction of sp³-hybridized carbons (Fsp3) is 0.280. The van der Waals surface area contributed by atoms with Gasteiger partial charge in [0.1, 0.15) is 0 Å². The number of nitrogens with zero attached hydrogens (tertiary/aromatic N) is 4. The van der Waals surface area contributed by atoms with Crippen molar-refractivity contribution in [1.29, 1.82) is 0 Å². The number of halogens is 3. The first-order valence-electron chi connectivity index (χ1n) is 10.5. The van der Waals surface area contributed by atoms with Crippen LogP contribution in [0.3, 0.4) is 0 Å². The number of hydrogen-bond donors (Lipinski definition) is 0. The molecular formula is C25H24F3N4. The molecule has 4 nitrogen and oxygen atoms in total. The second-order valence-corrected chi connectivity index (χ2v) is 8.01. The summed E-state index contributed by atoms with van der Waals surface area (Å²) < 4.78 is 44.6. The van der Waals surface area contributed by atoms with E-state index in [4.69, 9.17) is 0 Å². The van der Waals surface area contributed by atoms with E-state index in [1.54, 1.807) is 10.7 Å². The molecule has 0 unspecified atom stereocenters. The Morgan fingerprint density at radius 3 is 2.34 bits per heavy atom. The lowest BCUT2D eigenvalue weighted by Gasteiger charge is -2.14. The minimum atomic E-state index is -4.56. The van der Waals surface area contributed by atoms with Crippen LogP contribution in [0.5, 0.6) is 0 Å². The van der Waals surface area contributed by atoms with Crippen LogP contribution in [0.2, 0.25) is 0 Å². The van der Waals surface area contributed by atoms with Crippen LogP contribution in [0.25, 0.3) is 11.4 Å². The molecule has 0 N–H and O–H groups in total. The molecule has 0 spiro atoms. The van der Waals surface area contributed by atoms with Crippen molar-refractivity contribution in [1.82, 2.24) is 19.6 Å². The molecule has 0 aliphatic rings. The van der Waals surface area contributed by atoms with E-state index in [1.165, 1.54) is 10.9 Å². The zero-order valence-corrected chi connectivity index (χ0v) is 18.5. The number of rotatable bonds is 5. The highest BCUT2D eigenvalue weighted by Crippen LogP contribution is 2.34. The first kappa shape index (κ1) is 21.9. The molecule has 0 saturated carbocycles. The third kappa shape index (κ3) is 4.20. The number of aryl methyl sites for hydroxylation is 4. The number of aromatic nitrogens is 4. The number of hydrogen-bond acceptors (Lipinski definition) is 2. The maximum Gasteiger partial charge on any atom is 0.435 e. The third-order valence-electron chi connectivity index (χ3n) is 5.47. The van der Waals surface area contributed by atoms with E-state index in [9.17, 15) is 13.2 Å². The maximum absolute atomic E-state index is 13.9. The Labute approximate surface area is 185 Å². The lowest BCUT2D eigenvalue weighted by Crippen LogP contribution is -2.11. The molecule has 2 aromatic heterocycles. The molecule has 0 amide bonds. The zero-order valence-electron chi connectivity index (χ0n) is 18.5. The summed E-state index contributed by atoms with van der Waals surface area (Å²) in [6.07, 6.45) is -2.21. The van der Waals surface area contributed by atoms with Crippen LogP contribution < -0.4 is 0 Å². The van der Waals surface area contributed by atoms with Gasteiger partial charge in [-0.05, 0) is 44.4 Å². The van der Waals surface area contributed by atoms with Gasteiger partial charge < -0.3 is 0 Å². The summed E-state index contributed by atoms with van der Waals surface area (Å²) >= 11 is 0. The van der Waals surface area contributed by atoms with E-state index in [-0.39, 0.29) is 12.0 Å². The highest BCUT2D eigenvalue weighted by molar-refractivity contribution is 5.57. The van der Waals surface area contributed by atoms with Gasteiger partial charge in [-0.1, -0.05) is 48.9 Å². The van der Waals surface area contributed by atoms with Crippen molar-refractivity contribution in [2.75, 3.05) is 0 Å². The summed E-state index contributed by atoms with van der Waals surface area (Å²) in [5.41, 5.74) is 4.87. The molecule has 165 valence electrons. The van der Waals surface area contributed by atoms with Crippen LogP contribution >= 0.6 is 0 Å². The number of benzene rings is 2. The largest absolute Gasteiger partial charge is 0.435 e. The lowest BCUT2D eigenvalue weighted by molar-refractivity contribution is -0.141. The average molecular weight is 437 g/mol. The molecule has 7 heteroatoms. The Morgan fingerprint density at radius 1 is 1.00 bits per heavy atom. The molecule has 4 aromatic rings. The Kier molecular flexibility index (Phi) is 5.67. The van der Waals surface area contributed by atoms with Crippen LogP contribution in [0.4, 0.5) is 13.2 Å². The first-order valence-corrected chi connectivity index (χ1v) is 10.5. The molecule has 0 bridgehead atoms. The molecule has 1 radical (unpaired) electrons. The molecule has 0 aliphatic carbocycles. The van der Waals surface area contributed by atoms with Crippen molar-refractivity contribution in [2.24, 2.45) is 0 Å². The predicted octanol–water partition coefficient (Wildman–Crippen LogP) is 5.96. The molecular weight excluding hydrogens is 413 g/mol. The predicted molar refractivity (Wildman–Crippen MR) is 117 cm³/mol. The van der Waals surface area contributed by atoms with E-state index in [0.717, 1.165) is 34.5 Å². The van der Waals surface area contributed by atoms with Crippen LogP contribution in [0.15, 0.2) is 48.7 Å². The molecule has 0 saturated heterocycles. The average Bonchev–Trinajstić information content (AvgIpc) is 3.33. The molecule has 0 fully saturated rings. The van der Waals surface area contributed by atoms with E-state index in [1.807, 2.05) is 64.1 Å². The van der Waals surface area contributed by atoms with Crippen molar-refractivity contribution in [3.63, 3.8) is 0 Å². The van der Waals surface area contributed by atoms with Crippen LogP contribution in [-0.2, 0) is 19.0 Å². The van der Waals surface area contributed by atoms with Crippen molar-refractivity contribution < 1.29 is 13.2 Å². The smallest absolute Gasteiger partial charge is 0.237 e. The van der Waals surface area contributed by atoms with Gasteiger partial charge in [-0.3, -0.25) is 0 Å². The quantitative estimate of drug-likeness (QED) is 0.386. The van der Waals surface area contributed by atoms with Gasteiger partial charge in [-0.25, -0.2) is 9.36 Å². The van der Waals surface area contributed by atoms with Gasteiger partial charge in [-0.15, -0.1) is 0 Å². The Bertz CT molecular complexity index is 1250. The van der Waals surface area contributed by atoms with Gasteiger partial charge >= 0.3 is 6.18 Å². The zero-order chi connectivity index (χ0) is 23.0. The van der Waals surface area contributed by atoms with Crippen LogP contribution in [0.1, 0.15) is 46.3 Å². The Hall–Kier alpha value is -3.35. The SMILES string of the molecule is CCc1cc(C)n(-c2c(-n3cc(Cc4ccc(C)cc4)c(C(F)(F)F)n3)[c]ccc2C)n1.